The van der Waals surface area contributed by atoms with Gasteiger partial charge in [0.05, 0.1) is 11.3 Å². The van der Waals surface area contributed by atoms with Crippen molar-refractivity contribution in [3.05, 3.63) is 65.2 Å². The average molecular weight is 424 g/mol. The first kappa shape index (κ1) is 21.3. The van der Waals surface area contributed by atoms with Crippen molar-refractivity contribution in [1.29, 1.82) is 0 Å². The Hall–Kier alpha value is -3.46. The second-order valence-corrected chi connectivity index (χ2v) is 7.88. The number of anilines is 1. The Morgan fingerprint density at radius 2 is 1.73 bits per heavy atom. The molecule has 0 aromatic heterocycles. The van der Waals surface area contributed by atoms with Crippen molar-refractivity contribution in [2.45, 2.75) is 25.5 Å². The van der Waals surface area contributed by atoms with E-state index >= 15 is 0 Å². The molecular weight excluding hydrogens is 404 g/mol. The first-order chi connectivity index (χ1) is 14.3. The summed E-state index contributed by atoms with van der Waals surface area (Å²) >= 11 is 1.12. The molecule has 1 aliphatic heterocycles. The fourth-order valence-corrected chi connectivity index (χ4v) is 3.56. The molecule has 3 rings (SSSR count). The molecule has 0 spiro atoms. The third-order valence-electron chi connectivity index (χ3n) is 4.32. The minimum atomic E-state index is -1.05. The summed E-state index contributed by atoms with van der Waals surface area (Å²) in [5, 5.41) is 22.1. The van der Waals surface area contributed by atoms with Crippen molar-refractivity contribution in [1.82, 2.24) is 5.32 Å². The van der Waals surface area contributed by atoms with Gasteiger partial charge in [0, 0.05) is 12.1 Å². The van der Waals surface area contributed by atoms with Crippen molar-refractivity contribution in [3.8, 4) is 0 Å². The number of carbonyl (C=O) groups is 3. The zero-order chi connectivity index (χ0) is 21.7. The van der Waals surface area contributed by atoms with Crippen molar-refractivity contribution >= 4 is 46.1 Å². The number of hydrogen-bond acceptors (Lipinski definition) is 6. The number of rotatable bonds is 5. The molecule has 1 saturated heterocycles. The van der Waals surface area contributed by atoms with E-state index in [1.54, 1.807) is 0 Å². The maximum Gasteiger partial charge on any atom is 0.335 e. The van der Waals surface area contributed by atoms with Crippen LogP contribution in [0.4, 0.5) is 5.69 Å². The standard InChI is InChI=1S/C21H20N4O4S/c1-12-3-5-14(6-4-12)13(2)24-25-21-23-18(26)11-17(30-21)19(27)22-16-9-7-15(8-10-16)20(28)29/h3-10,17H,11H2,1-2H3,(H,22,27)(H,28,29)(H,23,25,26)/b24-13-/t17-/m1/s1. The van der Waals surface area contributed by atoms with Crippen LogP contribution in [-0.2, 0) is 9.59 Å². The first-order valence-corrected chi connectivity index (χ1v) is 10.00. The number of aromatic carboxylic acids is 1. The van der Waals surface area contributed by atoms with Crippen LogP contribution in [-0.4, -0.2) is 39.0 Å². The Morgan fingerprint density at radius 3 is 2.37 bits per heavy atom. The summed E-state index contributed by atoms with van der Waals surface area (Å²) in [6.45, 7) is 3.81. The van der Waals surface area contributed by atoms with Gasteiger partial charge in [-0.15, -0.1) is 5.10 Å². The molecule has 2 aromatic carbocycles. The first-order valence-electron chi connectivity index (χ1n) is 9.12. The van der Waals surface area contributed by atoms with E-state index in [1.165, 1.54) is 24.3 Å². The molecule has 0 unspecified atom stereocenters. The molecule has 154 valence electrons. The minimum Gasteiger partial charge on any atom is -0.478 e. The number of hydrogen-bond donors (Lipinski definition) is 3. The minimum absolute atomic E-state index is 0.00336. The lowest BCUT2D eigenvalue weighted by Gasteiger charge is -2.21. The van der Waals surface area contributed by atoms with Gasteiger partial charge in [-0.3, -0.25) is 9.59 Å². The second kappa shape index (κ2) is 9.36. The van der Waals surface area contributed by atoms with Gasteiger partial charge in [-0.1, -0.05) is 41.6 Å². The normalized spacial score (nSPS) is 18.1. The molecule has 2 amide bonds. The predicted octanol–water partition coefficient (Wildman–Crippen LogP) is 3.03. The van der Waals surface area contributed by atoms with Crippen LogP contribution in [0.15, 0.2) is 58.7 Å². The predicted molar refractivity (Wildman–Crippen MR) is 117 cm³/mol. The van der Waals surface area contributed by atoms with Gasteiger partial charge in [-0.05, 0) is 43.7 Å². The molecule has 8 nitrogen and oxygen atoms in total. The monoisotopic (exact) mass is 424 g/mol. The molecule has 0 aliphatic carbocycles. The van der Waals surface area contributed by atoms with Crippen LogP contribution in [0.25, 0.3) is 0 Å². The highest BCUT2D eigenvalue weighted by atomic mass is 32.2. The maximum absolute atomic E-state index is 12.5. The molecule has 0 radical (unpaired) electrons. The zero-order valence-electron chi connectivity index (χ0n) is 16.4. The third kappa shape index (κ3) is 5.54. The highest BCUT2D eigenvalue weighted by Crippen LogP contribution is 2.23. The summed E-state index contributed by atoms with van der Waals surface area (Å²) in [7, 11) is 0. The van der Waals surface area contributed by atoms with E-state index in [2.05, 4.69) is 20.8 Å². The summed E-state index contributed by atoms with van der Waals surface area (Å²) in [4.78, 5) is 35.5. The number of nitrogens with zero attached hydrogens (tertiary/aromatic N) is 2. The van der Waals surface area contributed by atoms with Crippen LogP contribution in [0.1, 0.15) is 34.8 Å². The number of thioether (sulfide) groups is 1. The molecule has 9 heteroatoms. The Labute approximate surface area is 177 Å². The number of carboxylic acids is 1. The zero-order valence-corrected chi connectivity index (χ0v) is 17.2. The van der Waals surface area contributed by atoms with Gasteiger partial charge in [-0.2, -0.15) is 5.10 Å². The van der Waals surface area contributed by atoms with Gasteiger partial charge >= 0.3 is 5.97 Å². The van der Waals surface area contributed by atoms with Crippen LogP contribution in [0.5, 0.6) is 0 Å². The topological polar surface area (TPSA) is 120 Å². The molecule has 0 bridgehead atoms. The SMILES string of the molecule is C/C(=N/N=C1/NC(=O)C[C@H](C(=O)Nc2ccc(C(=O)O)cc2)S1)c1ccc(C)cc1. The summed E-state index contributed by atoms with van der Waals surface area (Å²) < 4.78 is 0. The van der Waals surface area contributed by atoms with Crippen LogP contribution in [0.3, 0.4) is 0 Å². The highest BCUT2D eigenvalue weighted by molar-refractivity contribution is 8.15. The van der Waals surface area contributed by atoms with E-state index < -0.39 is 11.2 Å². The van der Waals surface area contributed by atoms with Crippen LogP contribution < -0.4 is 10.6 Å². The van der Waals surface area contributed by atoms with E-state index in [0.717, 1.165) is 22.9 Å². The van der Waals surface area contributed by atoms with Gasteiger partial charge in [0.1, 0.15) is 5.25 Å². The van der Waals surface area contributed by atoms with Crippen LogP contribution >= 0.6 is 11.8 Å². The van der Waals surface area contributed by atoms with E-state index in [-0.39, 0.29) is 29.0 Å². The summed E-state index contributed by atoms with van der Waals surface area (Å²) in [5.41, 5.74) is 3.30. The number of nitrogens with one attached hydrogen (secondary N) is 2. The number of amidine groups is 1. The Kier molecular flexibility index (Phi) is 6.63. The second-order valence-electron chi connectivity index (χ2n) is 6.69. The molecule has 3 N–H and O–H groups in total. The third-order valence-corrected chi connectivity index (χ3v) is 5.40. The van der Waals surface area contributed by atoms with Crippen molar-refractivity contribution in [3.63, 3.8) is 0 Å². The van der Waals surface area contributed by atoms with Crippen molar-refractivity contribution in [2.24, 2.45) is 10.2 Å². The largest absolute Gasteiger partial charge is 0.478 e. The lowest BCUT2D eigenvalue weighted by molar-refractivity contribution is -0.123. The smallest absolute Gasteiger partial charge is 0.335 e. The molecule has 1 heterocycles. The van der Waals surface area contributed by atoms with Crippen molar-refractivity contribution < 1.29 is 19.5 Å². The van der Waals surface area contributed by atoms with Gasteiger partial charge < -0.3 is 15.7 Å². The number of benzene rings is 2. The Morgan fingerprint density at radius 1 is 1.10 bits per heavy atom. The van der Waals surface area contributed by atoms with Gasteiger partial charge in [0.25, 0.3) is 0 Å². The number of amides is 2. The molecule has 1 fully saturated rings. The summed E-state index contributed by atoms with van der Waals surface area (Å²) in [6, 6.07) is 13.6. The number of carbonyl (C=O) groups excluding carboxylic acids is 2. The van der Waals surface area contributed by atoms with E-state index in [4.69, 9.17) is 5.11 Å². The molecule has 30 heavy (non-hydrogen) atoms. The maximum atomic E-state index is 12.5. The van der Waals surface area contributed by atoms with E-state index in [1.807, 2.05) is 38.1 Å². The quantitative estimate of drug-likeness (QED) is 0.503. The van der Waals surface area contributed by atoms with E-state index in [0.29, 0.717) is 11.4 Å². The molecule has 0 saturated carbocycles. The average Bonchev–Trinajstić information content (AvgIpc) is 2.72. The fraction of sp³-hybridized carbons (Fsp3) is 0.190. The number of aryl methyl sites for hydroxylation is 1. The van der Waals surface area contributed by atoms with Gasteiger partial charge in [-0.25, -0.2) is 4.79 Å². The highest BCUT2D eigenvalue weighted by Gasteiger charge is 2.30. The molecule has 1 atom stereocenters. The Bertz CT molecular complexity index is 1030. The molecule has 2 aromatic rings. The molecular formula is C21H20N4O4S. The lowest BCUT2D eigenvalue weighted by atomic mass is 10.1. The van der Waals surface area contributed by atoms with Crippen molar-refractivity contribution in [2.75, 3.05) is 5.32 Å². The van der Waals surface area contributed by atoms with Crippen LogP contribution in [0, 0.1) is 6.92 Å². The molecule has 1 aliphatic rings. The van der Waals surface area contributed by atoms with E-state index in [9.17, 15) is 14.4 Å². The lowest BCUT2D eigenvalue weighted by Crippen LogP contribution is -2.41. The van der Waals surface area contributed by atoms with Gasteiger partial charge in [0.15, 0.2) is 5.17 Å². The number of carboxylic acid groups (broad SMARTS) is 1. The Balaban J connectivity index is 1.68. The van der Waals surface area contributed by atoms with Crippen LogP contribution in [0.2, 0.25) is 0 Å². The summed E-state index contributed by atoms with van der Waals surface area (Å²) in [5.74, 6) is -1.74. The fourth-order valence-electron chi connectivity index (χ4n) is 2.63. The summed E-state index contributed by atoms with van der Waals surface area (Å²) in [6.07, 6.45) is 0.00336. The van der Waals surface area contributed by atoms with Gasteiger partial charge in [0.2, 0.25) is 11.8 Å².